The van der Waals surface area contributed by atoms with Crippen molar-refractivity contribution in [3.8, 4) is 0 Å². The van der Waals surface area contributed by atoms with Gasteiger partial charge in [-0.05, 0) is 44.2 Å². The number of carbonyl (C=O) groups is 1. The van der Waals surface area contributed by atoms with Gasteiger partial charge in [-0.25, -0.2) is 0 Å². The maximum atomic E-state index is 12.7. The highest BCUT2D eigenvalue weighted by molar-refractivity contribution is 6.05. The van der Waals surface area contributed by atoms with Crippen LogP contribution in [0.4, 0.5) is 0 Å². The Balaban J connectivity index is 1.97. The van der Waals surface area contributed by atoms with Gasteiger partial charge in [0.1, 0.15) is 5.60 Å². The highest BCUT2D eigenvalue weighted by Gasteiger charge is 2.42. The molecule has 0 saturated carbocycles. The fraction of sp³-hybridized carbons (Fsp3) is 0.400. The third kappa shape index (κ3) is 2.07. The van der Waals surface area contributed by atoms with Gasteiger partial charge in [-0.15, -0.1) is 0 Å². The van der Waals surface area contributed by atoms with Crippen LogP contribution in [0.5, 0.6) is 0 Å². The average Bonchev–Trinajstić information content (AvgIpc) is 3.06. The number of H-pyrrole nitrogens is 1. The Bertz CT molecular complexity index is 597. The monoisotopic (exact) mass is 258 g/mol. The number of Topliss-reactive ketones (excluding diaryl/α,β-unsaturated/α-hetero) is 1. The summed E-state index contributed by atoms with van der Waals surface area (Å²) in [5.41, 5.74) is 1.09. The first-order chi connectivity index (χ1) is 9.25. The van der Waals surface area contributed by atoms with Crippen LogP contribution in [0.2, 0.25) is 0 Å². The number of benzene rings is 1. The first-order valence-corrected chi connectivity index (χ1v) is 6.72. The lowest BCUT2D eigenvalue weighted by Crippen LogP contribution is -2.43. The molecule has 0 radical (unpaired) electrons. The van der Waals surface area contributed by atoms with Gasteiger partial charge in [-0.1, -0.05) is 0 Å². The molecule has 3 rings (SSSR count). The molecule has 0 spiro atoms. The number of ketones is 1. The van der Waals surface area contributed by atoms with E-state index in [0.29, 0.717) is 13.2 Å². The Kier molecular flexibility index (Phi) is 3.12. The van der Waals surface area contributed by atoms with E-state index in [1.807, 2.05) is 37.4 Å². The van der Waals surface area contributed by atoms with Crippen molar-refractivity contribution in [1.82, 2.24) is 10.3 Å². The van der Waals surface area contributed by atoms with Gasteiger partial charge in [-0.2, -0.15) is 0 Å². The first-order valence-electron chi connectivity index (χ1n) is 6.72. The number of rotatable bonds is 4. The van der Waals surface area contributed by atoms with Gasteiger partial charge in [0.25, 0.3) is 0 Å². The minimum Gasteiger partial charge on any atom is -0.366 e. The molecule has 1 atom stereocenters. The maximum Gasteiger partial charge on any atom is 0.196 e. The van der Waals surface area contributed by atoms with Crippen LogP contribution in [0.1, 0.15) is 23.7 Å². The zero-order valence-corrected chi connectivity index (χ0v) is 11.0. The number of hydrogen-bond acceptors (Lipinski definition) is 3. The molecule has 1 unspecified atom stereocenters. The van der Waals surface area contributed by atoms with Crippen LogP contribution in [0.15, 0.2) is 30.5 Å². The summed E-state index contributed by atoms with van der Waals surface area (Å²) < 4.78 is 5.78. The van der Waals surface area contributed by atoms with Crippen LogP contribution >= 0.6 is 0 Å². The predicted octanol–water partition coefficient (Wildman–Crippen LogP) is 2.12. The third-order valence-electron chi connectivity index (χ3n) is 3.77. The van der Waals surface area contributed by atoms with Crippen molar-refractivity contribution in [2.24, 2.45) is 0 Å². The molecule has 4 nitrogen and oxygen atoms in total. The second-order valence-electron chi connectivity index (χ2n) is 4.96. The van der Waals surface area contributed by atoms with E-state index in [4.69, 9.17) is 4.74 Å². The summed E-state index contributed by atoms with van der Waals surface area (Å²) >= 11 is 0. The number of aromatic nitrogens is 1. The smallest absolute Gasteiger partial charge is 0.196 e. The summed E-state index contributed by atoms with van der Waals surface area (Å²) in [6, 6.07) is 7.74. The highest BCUT2D eigenvalue weighted by Crippen LogP contribution is 2.26. The Morgan fingerprint density at radius 1 is 1.42 bits per heavy atom. The second-order valence-corrected chi connectivity index (χ2v) is 4.96. The molecule has 0 bridgehead atoms. The summed E-state index contributed by atoms with van der Waals surface area (Å²) in [7, 11) is 0. The van der Waals surface area contributed by atoms with Crippen LogP contribution in [0, 0.1) is 0 Å². The second kappa shape index (κ2) is 4.79. The van der Waals surface area contributed by atoms with E-state index >= 15 is 0 Å². The van der Waals surface area contributed by atoms with Crippen LogP contribution in [0.3, 0.4) is 0 Å². The minimum atomic E-state index is -0.682. The molecule has 1 aliphatic rings. The third-order valence-corrected chi connectivity index (χ3v) is 3.77. The zero-order valence-electron chi connectivity index (χ0n) is 11.0. The largest absolute Gasteiger partial charge is 0.366 e. The Hall–Kier alpha value is -1.65. The molecule has 1 aromatic carbocycles. The Morgan fingerprint density at radius 3 is 3.05 bits per heavy atom. The molecule has 2 heterocycles. The SMILES string of the molecule is CCOC1(C(=O)c2ccc3[nH]ccc3c2)CCNC1. The number of aromatic amines is 1. The normalized spacial score (nSPS) is 23.0. The molecule has 2 aromatic rings. The number of ether oxygens (including phenoxy) is 1. The quantitative estimate of drug-likeness (QED) is 0.826. The first kappa shape index (κ1) is 12.4. The Morgan fingerprint density at radius 2 is 2.32 bits per heavy atom. The van der Waals surface area contributed by atoms with Gasteiger partial charge in [0.2, 0.25) is 0 Å². The fourth-order valence-electron chi connectivity index (χ4n) is 2.79. The van der Waals surface area contributed by atoms with Crippen molar-refractivity contribution in [3.63, 3.8) is 0 Å². The van der Waals surface area contributed by atoms with Crippen LogP contribution in [-0.2, 0) is 4.74 Å². The highest BCUT2D eigenvalue weighted by atomic mass is 16.5. The molecule has 1 aromatic heterocycles. The lowest BCUT2D eigenvalue weighted by molar-refractivity contribution is -0.00855. The number of nitrogens with one attached hydrogen (secondary N) is 2. The summed E-state index contributed by atoms with van der Waals surface area (Å²) in [5, 5.41) is 4.29. The molecule has 1 aliphatic heterocycles. The predicted molar refractivity (Wildman–Crippen MR) is 74.5 cm³/mol. The van der Waals surface area contributed by atoms with Crippen LogP contribution in [-0.4, -0.2) is 36.1 Å². The van der Waals surface area contributed by atoms with E-state index in [-0.39, 0.29) is 5.78 Å². The van der Waals surface area contributed by atoms with Crippen molar-refractivity contribution < 1.29 is 9.53 Å². The van der Waals surface area contributed by atoms with Gasteiger partial charge in [0.15, 0.2) is 5.78 Å². The molecule has 1 fully saturated rings. The molecule has 1 saturated heterocycles. The van der Waals surface area contributed by atoms with Gasteiger partial charge in [0, 0.05) is 35.8 Å². The summed E-state index contributed by atoms with van der Waals surface area (Å²) in [5.74, 6) is 0.0856. The van der Waals surface area contributed by atoms with Crippen molar-refractivity contribution >= 4 is 16.7 Å². The van der Waals surface area contributed by atoms with Gasteiger partial charge in [0.05, 0.1) is 0 Å². The van der Waals surface area contributed by atoms with Crippen molar-refractivity contribution in [1.29, 1.82) is 0 Å². The van der Waals surface area contributed by atoms with Crippen molar-refractivity contribution in [2.75, 3.05) is 19.7 Å². The van der Waals surface area contributed by atoms with Gasteiger partial charge < -0.3 is 15.0 Å². The molecule has 100 valence electrons. The van der Waals surface area contributed by atoms with Crippen molar-refractivity contribution in [2.45, 2.75) is 18.9 Å². The molecular formula is C15H18N2O2. The molecule has 0 amide bonds. The van der Waals surface area contributed by atoms with E-state index in [1.54, 1.807) is 0 Å². The number of carbonyl (C=O) groups excluding carboxylic acids is 1. The van der Waals surface area contributed by atoms with Gasteiger partial charge in [-0.3, -0.25) is 4.79 Å². The van der Waals surface area contributed by atoms with E-state index in [0.717, 1.165) is 29.4 Å². The summed E-state index contributed by atoms with van der Waals surface area (Å²) in [6.45, 7) is 3.92. The van der Waals surface area contributed by atoms with E-state index in [9.17, 15) is 4.79 Å². The molecule has 19 heavy (non-hydrogen) atoms. The lowest BCUT2D eigenvalue weighted by Gasteiger charge is -2.26. The molecule has 4 heteroatoms. The summed E-state index contributed by atoms with van der Waals surface area (Å²) in [6.07, 6.45) is 2.62. The summed E-state index contributed by atoms with van der Waals surface area (Å²) in [4.78, 5) is 15.9. The lowest BCUT2D eigenvalue weighted by atomic mass is 9.91. The molecular weight excluding hydrogens is 240 g/mol. The standard InChI is InChI=1S/C15H18N2O2/c1-2-19-15(6-8-16-10-15)14(18)12-3-4-13-11(9-12)5-7-17-13/h3-5,7,9,16-17H,2,6,8,10H2,1H3. The number of hydrogen-bond donors (Lipinski definition) is 2. The zero-order chi connectivity index (χ0) is 13.3. The molecule has 0 aliphatic carbocycles. The van der Waals surface area contributed by atoms with E-state index < -0.39 is 5.60 Å². The van der Waals surface area contributed by atoms with Gasteiger partial charge >= 0.3 is 0 Å². The molecule has 2 N–H and O–H groups in total. The van der Waals surface area contributed by atoms with E-state index in [1.165, 1.54) is 0 Å². The van der Waals surface area contributed by atoms with Crippen molar-refractivity contribution in [3.05, 3.63) is 36.0 Å². The van der Waals surface area contributed by atoms with E-state index in [2.05, 4.69) is 10.3 Å². The average molecular weight is 258 g/mol. The fourth-order valence-corrected chi connectivity index (χ4v) is 2.79. The topological polar surface area (TPSA) is 54.1 Å². The van der Waals surface area contributed by atoms with Crippen LogP contribution < -0.4 is 5.32 Å². The number of fused-ring (bicyclic) bond motifs is 1. The maximum absolute atomic E-state index is 12.7. The van der Waals surface area contributed by atoms with Crippen LogP contribution in [0.25, 0.3) is 10.9 Å². The Labute approximate surface area is 112 Å². The minimum absolute atomic E-state index is 0.0856.